The Labute approximate surface area is 211 Å². The van der Waals surface area contributed by atoms with Crippen LogP contribution in [-0.2, 0) is 11.3 Å². The van der Waals surface area contributed by atoms with Gasteiger partial charge in [-0.05, 0) is 66.2 Å². The zero-order chi connectivity index (χ0) is 25.6. The highest BCUT2D eigenvalue weighted by atomic mass is 16.6. The van der Waals surface area contributed by atoms with Gasteiger partial charge >= 0.3 is 5.97 Å². The van der Waals surface area contributed by atoms with Crippen molar-refractivity contribution in [1.82, 2.24) is 10.2 Å². The third-order valence-corrected chi connectivity index (χ3v) is 5.36. The number of carbonyl (C=O) groups is 1. The SMILES string of the molecule is O=C(OCc1cccc(Oc2ccc([N+](=O)[O-])cc2)c1)c1ccc(-c2nnc(-c3ccccc3)o2)cc1. The number of nitro benzene ring substituents is 1. The molecular formula is C28H19N3O6. The van der Waals surface area contributed by atoms with Crippen LogP contribution < -0.4 is 4.74 Å². The van der Waals surface area contributed by atoms with E-state index in [0.717, 1.165) is 11.1 Å². The fourth-order valence-corrected chi connectivity index (χ4v) is 3.49. The number of rotatable bonds is 8. The summed E-state index contributed by atoms with van der Waals surface area (Å²) in [4.78, 5) is 22.9. The molecule has 0 unspecified atom stereocenters. The second kappa shape index (κ2) is 10.5. The van der Waals surface area contributed by atoms with Crippen molar-refractivity contribution < 1.29 is 23.6 Å². The molecule has 9 heteroatoms. The van der Waals surface area contributed by atoms with E-state index >= 15 is 0 Å². The average Bonchev–Trinajstić information content (AvgIpc) is 3.43. The zero-order valence-corrected chi connectivity index (χ0v) is 19.3. The monoisotopic (exact) mass is 493 g/mol. The highest BCUT2D eigenvalue weighted by Crippen LogP contribution is 2.26. The van der Waals surface area contributed by atoms with Gasteiger partial charge in [0.15, 0.2) is 0 Å². The molecule has 0 saturated carbocycles. The molecular weight excluding hydrogens is 474 g/mol. The number of hydrogen-bond donors (Lipinski definition) is 0. The highest BCUT2D eigenvalue weighted by molar-refractivity contribution is 5.89. The molecule has 9 nitrogen and oxygen atoms in total. The minimum atomic E-state index is -0.483. The molecule has 0 saturated heterocycles. The molecule has 0 bridgehead atoms. The van der Waals surface area contributed by atoms with Crippen LogP contribution >= 0.6 is 0 Å². The van der Waals surface area contributed by atoms with Gasteiger partial charge in [-0.15, -0.1) is 10.2 Å². The van der Waals surface area contributed by atoms with Crippen molar-refractivity contribution in [3.05, 3.63) is 124 Å². The molecule has 0 aliphatic rings. The van der Waals surface area contributed by atoms with Crippen LogP contribution in [0, 0.1) is 10.1 Å². The standard InChI is InChI=1S/C28H19N3O6/c32-28(22-11-9-21(10-12-22)27-30-29-26(37-27)20-6-2-1-3-7-20)35-18-19-5-4-8-25(17-19)36-24-15-13-23(14-16-24)31(33)34/h1-17H,18H2. The summed E-state index contributed by atoms with van der Waals surface area (Å²) in [5.41, 5.74) is 2.59. The molecule has 0 spiro atoms. The van der Waals surface area contributed by atoms with Crippen molar-refractivity contribution >= 4 is 11.7 Å². The third-order valence-electron chi connectivity index (χ3n) is 5.36. The third kappa shape index (κ3) is 5.68. The topological polar surface area (TPSA) is 118 Å². The fraction of sp³-hybridized carbons (Fsp3) is 0.0357. The van der Waals surface area contributed by atoms with Gasteiger partial charge in [0.05, 0.1) is 10.5 Å². The lowest BCUT2D eigenvalue weighted by Crippen LogP contribution is -2.05. The van der Waals surface area contributed by atoms with Gasteiger partial charge in [-0.3, -0.25) is 10.1 Å². The summed E-state index contributed by atoms with van der Waals surface area (Å²) >= 11 is 0. The molecule has 0 aliphatic heterocycles. The molecule has 5 aromatic rings. The number of esters is 1. The molecule has 182 valence electrons. The van der Waals surface area contributed by atoms with Crippen molar-refractivity contribution in [3.63, 3.8) is 0 Å². The number of non-ortho nitro benzene ring substituents is 1. The fourth-order valence-electron chi connectivity index (χ4n) is 3.49. The summed E-state index contributed by atoms with van der Waals surface area (Å²) in [5.74, 6) is 1.25. The first-order chi connectivity index (χ1) is 18.0. The van der Waals surface area contributed by atoms with E-state index in [1.54, 1.807) is 48.5 Å². The van der Waals surface area contributed by atoms with E-state index in [2.05, 4.69) is 10.2 Å². The Hall–Kier alpha value is -5.31. The van der Waals surface area contributed by atoms with Gasteiger partial charge in [0, 0.05) is 23.3 Å². The Morgan fingerprint density at radius 2 is 1.46 bits per heavy atom. The van der Waals surface area contributed by atoms with E-state index in [1.807, 2.05) is 30.3 Å². The van der Waals surface area contributed by atoms with Crippen LogP contribution in [0.1, 0.15) is 15.9 Å². The molecule has 1 aromatic heterocycles. The van der Waals surface area contributed by atoms with Gasteiger partial charge in [0.1, 0.15) is 18.1 Å². The summed E-state index contributed by atoms with van der Waals surface area (Å²) in [6.45, 7) is 0.0438. The van der Waals surface area contributed by atoms with Crippen LogP contribution in [0.15, 0.2) is 108 Å². The van der Waals surface area contributed by atoms with Gasteiger partial charge in [-0.2, -0.15) is 0 Å². The number of ether oxygens (including phenoxy) is 2. The maximum absolute atomic E-state index is 12.6. The number of hydrogen-bond acceptors (Lipinski definition) is 8. The van der Waals surface area contributed by atoms with Gasteiger partial charge in [-0.1, -0.05) is 30.3 Å². The Balaban J connectivity index is 1.19. The van der Waals surface area contributed by atoms with Crippen LogP contribution in [0.2, 0.25) is 0 Å². The van der Waals surface area contributed by atoms with Crippen molar-refractivity contribution in [2.75, 3.05) is 0 Å². The molecule has 0 fully saturated rings. The van der Waals surface area contributed by atoms with Crippen molar-refractivity contribution in [2.24, 2.45) is 0 Å². The first-order valence-electron chi connectivity index (χ1n) is 11.2. The van der Waals surface area contributed by atoms with Gasteiger partial charge in [-0.25, -0.2) is 4.79 Å². The summed E-state index contributed by atoms with van der Waals surface area (Å²) in [6, 6.07) is 29.0. The molecule has 1 heterocycles. The Morgan fingerprint density at radius 3 is 2.14 bits per heavy atom. The van der Waals surface area contributed by atoms with E-state index in [4.69, 9.17) is 13.9 Å². The number of carbonyl (C=O) groups excluding carboxylic acids is 1. The van der Waals surface area contributed by atoms with E-state index in [-0.39, 0.29) is 12.3 Å². The van der Waals surface area contributed by atoms with Crippen LogP contribution in [0.5, 0.6) is 11.5 Å². The van der Waals surface area contributed by atoms with E-state index < -0.39 is 10.9 Å². The van der Waals surface area contributed by atoms with Crippen molar-refractivity contribution in [3.8, 4) is 34.4 Å². The summed E-state index contributed by atoms with van der Waals surface area (Å²) < 4.78 is 16.9. The molecule has 0 atom stereocenters. The molecule has 0 aliphatic carbocycles. The van der Waals surface area contributed by atoms with E-state index in [9.17, 15) is 14.9 Å². The maximum Gasteiger partial charge on any atom is 0.338 e. The maximum atomic E-state index is 12.6. The van der Waals surface area contributed by atoms with E-state index in [1.165, 1.54) is 24.3 Å². The molecule has 0 amide bonds. The Kier molecular flexibility index (Phi) is 6.67. The Bertz CT molecular complexity index is 1530. The van der Waals surface area contributed by atoms with Gasteiger partial charge < -0.3 is 13.9 Å². The normalized spacial score (nSPS) is 10.6. The Morgan fingerprint density at radius 1 is 0.784 bits per heavy atom. The summed E-state index contributed by atoms with van der Waals surface area (Å²) in [5, 5.41) is 19.0. The van der Waals surface area contributed by atoms with E-state index in [0.29, 0.717) is 34.4 Å². The van der Waals surface area contributed by atoms with Crippen LogP contribution in [-0.4, -0.2) is 21.1 Å². The smallest absolute Gasteiger partial charge is 0.338 e. The minimum absolute atomic E-state index is 0.0185. The summed E-state index contributed by atoms with van der Waals surface area (Å²) in [6.07, 6.45) is 0. The molecule has 5 rings (SSSR count). The largest absolute Gasteiger partial charge is 0.457 e. The van der Waals surface area contributed by atoms with Gasteiger partial charge in [0.25, 0.3) is 5.69 Å². The number of nitro groups is 1. The number of benzene rings is 4. The predicted molar refractivity (Wildman–Crippen MR) is 134 cm³/mol. The van der Waals surface area contributed by atoms with Crippen molar-refractivity contribution in [2.45, 2.75) is 6.61 Å². The lowest BCUT2D eigenvalue weighted by atomic mass is 10.1. The van der Waals surface area contributed by atoms with Crippen LogP contribution in [0.3, 0.4) is 0 Å². The average molecular weight is 493 g/mol. The van der Waals surface area contributed by atoms with Crippen molar-refractivity contribution in [1.29, 1.82) is 0 Å². The predicted octanol–water partition coefficient (Wildman–Crippen LogP) is 6.46. The zero-order valence-electron chi connectivity index (χ0n) is 19.3. The second-order valence-electron chi connectivity index (χ2n) is 7.93. The lowest BCUT2D eigenvalue weighted by Gasteiger charge is -2.09. The highest BCUT2D eigenvalue weighted by Gasteiger charge is 2.13. The first-order valence-corrected chi connectivity index (χ1v) is 11.2. The minimum Gasteiger partial charge on any atom is -0.457 e. The molecule has 37 heavy (non-hydrogen) atoms. The second-order valence-corrected chi connectivity index (χ2v) is 7.93. The quantitative estimate of drug-likeness (QED) is 0.137. The number of aromatic nitrogens is 2. The molecule has 0 N–H and O–H groups in total. The lowest BCUT2D eigenvalue weighted by molar-refractivity contribution is -0.384. The number of nitrogens with zero attached hydrogens (tertiary/aromatic N) is 3. The summed E-state index contributed by atoms with van der Waals surface area (Å²) in [7, 11) is 0. The molecule has 0 radical (unpaired) electrons. The molecule has 4 aromatic carbocycles. The van der Waals surface area contributed by atoms with Crippen LogP contribution in [0.4, 0.5) is 5.69 Å². The van der Waals surface area contributed by atoms with Crippen LogP contribution in [0.25, 0.3) is 22.9 Å². The van der Waals surface area contributed by atoms with Gasteiger partial charge in [0.2, 0.25) is 11.8 Å². The first kappa shape index (κ1) is 23.4.